The van der Waals surface area contributed by atoms with Gasteiger partial charge in [-0.3, -0.25) is 0 Å². The molecule has 2 heteroatoms. The van der Waals surface area contributed by atoms with E-state index < -0.39 is 6.29 Å². The molecule has 2 rings (SSSR count). The number of benzene rings is 2. The molecular formula is C15H11O2-. The van der Waals surface area contributed by atoms with Crippen molar-refractivity contribution in [3.05, 3.63) is 60.2 Å². The van der Waals surface area contributed by atoms with Gasteiger partial charge in [0, 0.05) is 11.9 Å². The van der Waals surface area contributed by atoms with Gasteiger partial charge in [-0.05, 0) is 23.3 Å². The molecule has 0 amide bonds. The standard InChI is InChI=1S/C15H11O2/c16-15(17)11-8-12-6-9-14(10-7-12)13-4-2-1-3-5-13/h1-7,9-10,15-16H/q-1. The quantitative estimate of drug-likeness (QED) is 0.586. The summed E-state index contributed by atoms with van der Waals surface area (Å²) in [4.78, 5) is 0. The molecule has 0 aliphatic heterocycles. The Morgan fingerprint density at radius 3 is 2.06 bits per heavy atom. The lowest BCUT2D eigenvalue weighted by atomic mass is 10.0. The number of hydrogen-bond donors (Lipinski definition) is 1. The fraction of sp³-hybridized carbons (Fsp3) is 0.0667. The summed E-state index contributed by atoms with van der Waals surface area (Å²) in [5.74, 6) is 4.78. The van der Waals surface area contributed by atoms with E-state index in [0.717, 1.165) is 16.7 Å². The third-order valence-corrected chi connectivity index (χ3v) is 2.33. The molecular weight excluding hydrogens is 212 g/mol. The Bertz CT molecular complexity index is 531. The van der Waals surface area contributed by atoms with Crippen LogP contribution in [0.4, 0.5) is 0 Å². The van der Waals surface area contributed by atoms with Crippen LogP contribution in [0.1, 0.15) is 5.56 Å². The summed E-state index contributed by atoms with van der Waals surface area (Å²) in [6, 6.07) is 17.5. The molecule has 0 fully saturated rings. The Hall–Kier alpha value is -2.08. The van der Waals surface area contributed by atoms with Crippen molar-refractivity contribution in [3.63, 3.8) is 0 Å². The molecule has 0 aliphatic rings. The Kier molecular flexibility index (Phi) is 3.56. The summed E-state index contributed by atoms with van der Waals surface area (Å²) in [6.07, 6.45) is -1.83. The maximum Gasteiger partial charge on any atom is 0.0427 e. The fourth-order valence-corrected chi connectivity index (χ4v) is 1.52. The Labute approximate surface area is 100 Å². The van der Waals surface area contributed by atoms with Crippen LogP contribution >= 0.6 is 0 Å². The summed E-state index contributed by atoms with van der Waals surface area (Å²) in [5, 5.41) is 18.9. The van der Waals surface area contributed by atoms with Gasteiger partial charge in [0.15, 0.2) is 0 Å². The second-order valence-electron chi connectivity index (χ2n) is 3.57. The van der Waals surface area contributed by atoms with E-state index in [-0.39, 0.29) is 0 Å². The highest BCUT2D eigenvalue weighted by molar-refractivity contribution is 5.64. The van der Waals surface area contributed by atoms with Crippen LogP contribution in [0.15, 0.2) is 54.6 Å². The molecule has 0 heterocycles. The summed E-state index contributed by atoms with van der Waals surface area (Å²) in [7, 11) is 0. The largest absolute Gasteiger partial charge is 0.821 e. The number of hydrogen-bond acceptors (Lipinski definition) is 2. The summed E-state index contributed by atoms with van der Waals surface area (Å²) < 4.78 is 0. The summed E-state index contributed by atoms with van der Waals surface area (Å²) in [6.45, 7) is 0. The van der Waals surface area contributed by atoms with E-state index in [0.29, 0.717) is 0 Å². The van der Waals surface area contributed by atoms with Crippen LogP contribution < -0.4 is 5.11 Å². The van der Waals surface area contributed by atoms with Crippen molar-refractivity contribution in [1.82, 2.24) is 0 Å². The van der Waals surface area contributed by atoms with Crippen LogP contribution in [0.3, 0.4) is 0 Å². The highest BCUT2D eigenvalue weighted by atomic mass is 16.5. The molecule has 0 saturated carbocycles. The first-order valence-corrected chi connectivity index (χ1v) is 5.26. The number of aliphatic hydroxyl groups excluding tert-OH is 1. The Morgan fingerprint density at radius 2 is 1.47 bits per heavy atom. The van der Waals surface area contributed by atoms with E-state index in [1.54, 1.807) is 0 Å². The smallest absolute Gasteiger partial charge is 0.0427 e. The van der Waals surface area contributed by atoms with Gasteiger partial charge in [-0.2, -0.15) is 0 Å². The van der Waals surface area contributed by atoms with Crippen molar-refractivity contribution in [1.29, 1.82) is 0 Å². The van der Waals surface area contributed by atoms with Gasteiger partial charge >= 0.3 is 0 Å². The van der Waals surface area contributed by atoms with E-state index in [9.17, 15) is 5.11 Å². The van der Waals surface area contributed by atoms with Crippen LogP contribution in [0.5, 0.6) is 0 Å². The van der Waals surface area contributed by atoms with Crippen molar-refractivity contribution >= 4 is 0 Å². The molecule has 0 saturated heterocycles. The molecule has 0 aromatic heterocycles. The maximum absolute atomic E-state index is 10.4. The highest BCUT2D eigenvalue weighted by Gasteiger charge is 1.95. The number of aliphatic hydroxyl groups is 1. The van der Waals surface area contributed by atoms with Gasteiger partial charge in [0.05, 0.1) is 0 Å². The molecule has 0 spiro atoms. The number of rotatable bonds is 1. The van der Waals surface area contributed by atoms with Crippen LogP contribution in [0, 0.1) is 11.8 Å². The first-order valence-electron chi connectivity index (χ1n) is 5.26. The Balaban J connectivity index is 2.23. The van der Waals surface area contributed by atoms with Crippen LogP contribution in [0.25, 0.3) is 11.1 Å². The van der Waals surface area contributed by atoms with E-state index in [4.69, 9.17) is 5.11 Å². The van der Waals surface area contributed by atoms with Crippen molar-refractivity contribution in [2.75, 3.05) is 0 Å². The normalized spacial score (nSPS) is 11.4. The molecule has 0 aliphatic carbocycles. The van der Waals surface area contributed by atoms with Gasteiger partial charge in [-0.15, -0.1) is 0 Å². The third-order valence-electron chi connectivity index (χ3n) is 2.33. The lowest BCUT2D eigenvalue weighted by Crippen LogP contribution is -2.21. The van der Waals surface area contributed by atoms with Crippen LogP contribution in [-0.4, -0.2) is 11.4 Å². The molecule has 1 unspecified atom stereocenters. The first-order chi connectivity index (χ1) is 8.25. The van der Waals surface area contributed by atoms with Crippen molar-refractivity contribution in [2.45, 2.75) is 6.29 Å². The average molecular weight is 223 g/mol. The van der Waals surface area contributed by atoms with Crippen LogP contribution in [-0.2, 0) is 0 Å². The van der Waals surface area contributed by atoms with Gasteiger partial charge in [0.25, 0.3) is 0 Å². The van der Waals surface area contributed by atoms with Crippen molar-refractivity contribution < 1.29 is 10.2 Å². The van der Waals surface area contributed by atoms with Gasteiger partial charge in [0.2, 0.25) is 0 Å². The summed E-state index contributed by atoms with van der Waals surface area (Å²) in [5.41, 5.74) is 2.95. The molecule has 2 aromatic carbocycles. The minimum atomic E-state index is -1.83. The lowest BCUT2D eigenvalue weighted by molar-refractivity contribution is -0.459. The highest BCUT2D eigenvalue weighted by Crippen LogP contribution is 2.18. The van der Waals surface area contributed by atoms with E-state index >= 15 is 0 Å². The van der Waals surface area contributed by atoms with Crippen molar-refractivity contribution in [2.24, 2.45) is 0 Å². The molecule has 2 aromatic rings. The lowest BCUT2D eigenvalue weighted by Gasteiger charge is -2.03. The van der Waals surface area contributed by atoms with E-state index in [1.807, 2.05) is 54.6 Å². The second kappa shape index (κ2) is 5.31. The van der Waals surface area contributed by atoms with Crippen LogP contribution in [0.2, 0.25) is 0 Å². The van der Waals surface area contributed by atoms with Gasteiger partial charge in [-0.25, -0.2) is 0 Å². The fourth-order valence-electron chi connectivity index (χ4n) is 1.52. The predicted molar refractivity (Wildman–Crippen MR) is 64.8 cm³/mol. The molecule has 84 valence electrons. The van der Waals surface area contributed by atoms with Gasteiger partial charge in [0.1, 0.15) is 0 Å². The minimum absolute atomic E-state index is 0.722. The molecule has 0 bridgehead atoms. The molecule has 1 atom stereocenters. The van der Waals surface area contributed by atoms with Crippen molar-refractivity contribution in [3.8, 4) is 23.0 Å². The minimum Gasteiger partial charge on any atom is -0.821 e. The van der Waals surface area contributed by atoms with E-state index in [1.165, 1.54) is 0 Å². The third kappa shape index (κ3) is 3.18. The predicted octanol–water partition coefficient (Wildman–Crippen LogP) is 1.38. The monoisotopic (exact) mass is 223 g/mol. The molecule has 17 heavy (non-hydrogen) atoms. The zero-order valence-electron chi connectivity index (χ0n) is 9.13. The zero-order valence-corrected chi connectivity index (χ0v) is 9.13. The Morgan fingerprint density at radius 1 is 0.882 bits per heavy atom. The first kappa shape index (κ1) is 11.4. The van der Waals surface area contributed by atoms with E-state index in [2.05, 4.69) is 11.8 Å². The average Bonchev–Trinajstić information content (AvgIpc) is 2.38. The second-order valence-corrected chi connectivity index (χ2v) is 3.57. The maximum atomic E-state index is 10.4. The SMILES string of the molecule is [O-]C(O)C#Cc1ccc(-c2ccccc2)cc1. The van der Waals surface area contributed by atoms with Gasteiger partial charge < -0.3 is 10.2 Å². The molecule has 1 N–H and O–H groups in total. The zero-order chi connectivity index (χ0) is 12.1. The summed E-state index contributed by atoms with van der Waals surface area (Å²) >= 11 is 0. The molecule has 0 radical (unpaired) electrons. The topological polar surface area (TPSA) is 43.3 Å². The van der Waals surface area contributed by atoms with Gasteiger partial charge in [-0.1, -0.05) is 54.3 Å². The molecule has 2 nitrogen and oxygen atoms in total.